The molecule has 0 spiro atoms. The van der Waals surface area contributed by atoms with Crippen LogP contribution in [0, 0.1) is 0 Å². The van der Waals surface area contributed by atoms with Crippen LogP contribution in [0.3, 0.4) is 0 Å². The van der Waals surface area contributed by atoms with E-state index in [4.69, 9.17) is 4.74 Å². The standard InChI is InChI=1S/C26H24O3/c1-2-3-17-29-25(28)16-15-22(18-20-9-5-4-6-10-20)26-23(19-27)14-13-21-11-7-8-12-24(21)26/h4-16,18-19H,2-3,17H2,1H3. The highest BCUT2D eigenvalue weighted by atomic mass is 16.5. The lowest BCUT2D eigenvalue weighted by atomic mass is 9.92. The summed E-state index contributed by atoms with van der Waals surface area (Å²) in [4.78, 5) is 23.9. The van der Waals surface area contributed by atoms with Gasteiger partial charge < -0.3 is 4.74 Å². The number of carbonyl (C=O) groups is 2. The van der Waals surface area contributed by atoms with Crippen LogP contribution in [0.25, 0.3) is 22.4 Å². The predicted octanol–water partition coefficient (Wildman–Crippen LogP) is 6.09. The fourth-order valence-corrected chi connectivity index (χ4v) is 3.16. The first kappa shape index (κ1) is 20.3. The van der Waals surface area contributed by atoms with E-state index in [1.165, 1.54) is 6.08 Å². The van der Waals surface area contributed by atoms with Crippen LogP contribution in [0.4, 0.5) is 0 Å². The molecule has 0 saturated heterocycles. The van der Waals surface area contributed by atoms with Gasteiger partial charge in [0.1, 0.15) is 0 Å². The number of hydrogen-bond acceptors (Lipinski definition) is 3. The maximum absolute atomic E-state index is 12.1. The minimum Gasteiger partial charge on any atom is -0.463 e. The largest absolute Gasteiger partial charge is 0.463 e. The summed E-state index contributed by atoms with van der Waals surface area (Å²) >= 11 is 0. The summed E-state index contributed by atoms with van der Waals surface area (Å²) in [6, 6.07) is 21.5. The quantitative estimate of drug-likeness (QED) is 0.118. The molecule has 0 aliphatic carbocycles. The number of benzene rings is 3. The van der Waals surface area contributed by atoms with Gasteiger partial charge in [0.25, 0.3) is 0 Å². The molecule has 0 bridgehead atoms. The van der Waals surface area contributed by atoms with Crippen molar-refractivity contribution in [1.82, 2.24) is 0 Å². The second-order valence-corrected chi connectivity index (χ2v) is 6.73. The molecule has 3 heteroatoms. The molecule has 0 radical (unpaired) electrons. The zero-order valence-corrected chi connectivity index (χ0v) is 16.5. The Morgan fingerprint density at radius 3 is 2.45 bits per heavy atom. The number of unbranched alkanes of at least 4 members (excludes halogenated alkanes) is 1. The molecule has 3 rings (SSSR count). The van der Waals surface area contributed by atoms with E-state index in [1.807, 2.05) is 79.7 Å². The summed E-state index contributed by atoms with van der Waals surface area (Å²) in [7, 11) is 0. The van der Waals surface area contributed by atoms with Gasteiger partial charge in [0.15, 0.2) is 6.29 Å². The van der Waals surface area contributed by atoms with Crippen LogP contribution in [-0.2, 0) is 9.53 Å². The Labute approximate surface area is 171 Å². The van der Waals surface area contributed by atoms with Gasteiger partial charge in [-0.3, -0.25) is 4.79 Å². The first-order chi connectivity index (χ1) is 14.2. The maximum atomic E-state index is 12.1. The van der Waals surface area contributed by atoms with E-state index in [-0.39, 0.29) is 5.97 Å². The van der Waals surface area contributed by atoms with Crippen molar-refractivity contribution >= 4 is 34.7 Å². The number of carbonyl (C=O) groups excluding carboxylic acids is 2. The average Bonchev–Trinajstić information content (AvgIpc) is 2.76. The predicted molar refractivity (Wildman–Crippen MR) is 119 cm³/mol. The van der Waals surface area contributed by atoms with Crippen LogP contribution in [0.2, 0.25) is 0 Å². The molecule has 3 aromatic rings. The van der Waals surface area contributed by atoms with Gasteiger partial charge in [-0.2, -0.15) is 0 Å². The van der Waals surface area contributed by atoms with Gasteiger partial charge >= 0.3 is 5.97 Å². The molecule has 0 amide bonds. The van der Waals surface area contributed by atoms with Crippen molar-refractivity contribution in [3.8, 4) is 0 Å². The van der Waals surface area contributed by atoms with Gasteiger partial charge in [0, 0.05) is 17.2 Å². The van der Waals surface area contributed by atoms with Crippen molar-refractivity contribution in [2.24, 2.45) is 0 Å². The number of rotatable bonds is 8. The van der Waals surface area contributed by atoms with Crippen molar-refractivity contribution in [2.45, 2.75) is 19.8 Å². The van der Waals surface area contributed by atoms with Crippen LogP contribution in [0.1, 0.15) is 41.3 Å². The Balaban J connectivity index is 2.09. The molecule has 146 valence electrons. The van der Waals surface area contributed by atoms with Crippen molar-refractivity contribution in [1.29, 1.82) is 0 Å². The number of esters is 1. The van der Waals surface area contributed by atoms with Gasteiger partial charge in [-0.1, -0.05) is 80.1 Å². The van der Waals surface area contributed by atoms with E-state index in [9.17, 15) is 9.59 Å². The number of fused-ring (bicyclic) bond motifs is 1. The molecule has 0 aromatic heterocycles. The van der Waals surface area contributed by atoms with Gasteiger partial charge in [0.2, 0.25) is 0 Å². The van der Waals surface area contributed by atoms with Gasteiger partial charge in [0.05, 0.1) is 6.61 Å². The third-order valence-electron chi connectivity index (χ3n) is 4.64. The lowest BCUT2D eigenvalue weighted by molar-refractivity contribution is -0.137. The Morgan fingerprint density at radius 2 is 1.69 bits per heavy atom. The first-order valence-corrected chi connectivity index (χ1v) is 9.82. The SMILES string of the molecule is CCCCOC(=O)C=CC(=Cc1ccccc1)c1c(C=O)ccc2ccccc12. The van der Waals surface area contributed by atoms with Gasteiger partial charge in [-0.25, -0.2) is 4.79 Å². The fourth-order valence-electron chi connectivity index (χ4n) is 3.16. The summed E-state index contributed by atoms with van der Waals surface area (Å²) < 4.78 is 5.24. The minimum atomic E-state index is -0.384. The van der Waals surface area contributed by atoms with E-state index in [0.717, 1.165) is 46.6 Å². The smallest absolute Gasteiger partial charge is 0.330 e. The lowest BCUT2D eigenvalue weighted by Crippen LogP contribution is -2.02. The van der Waals surface area contributed by atoms with Crippen LogP contribution < -0.4 is 0 Å². The third kappa shape index (κ3) is 5.29. The normalized spacial score (nSPS) is 11.7. The molecule has 0 aliphatic rings. The van der Waals surface area contributed by atoms with Crippen LogP contribution in [0.5, 0.6) is 0 Å². The van der Waals surface area contributed by atoms with E-state index < -0.39 is 0 Å². The van der Waals surface area contributed by atoms with E-state index in [1.54, 1.807) is 6.08 Å². The molecule has 0 unspecified atom stereocenters. The fraction of sp³-hybridized carbons (Fsp3) is 0.154. The van der Waals surface area contributed by atoms with Crippen LogP contribution in [-0.4, -0.2) is 18.9 Å². The van der Waals surface area contributed by atoms with E-state index in [0.29, 0.717) is 12.2 Å². The zero-order chi connectivity index (χ0) is 20.5. The van der Waals surface area contributed by atoms with Crippen molar-refractivity contribution in [2.75, 3.05) is 6.61 Å². The van der Waals surface area contributed by atoms with Crippen molar-refractivity contribution in [3.05, 3.63) is 95.6 Å². The van der Waals surface area contributed by atoms with Gasteiger partial charge in [-0.15, -0.1) is 0 Å². The van der Waals surface area contributed by atoms with Crippen LogP contribution >= 0.6 is 0 Å². The second kappa shape index (κ2) is 10.2. The molecular weight excluding hydrogens is 360 g/mol. The number of ether oxygens (including phenoxy) is 1. The topological polar surface area (TPSA) is 43.4 Å². The number of aldehydes is 1. The molecule has 3 aromatic carbocycles. The molecular formula is C26H24O3. The molecule has 29 heavy (non-hydrogen) atoms. The molecule has 0 fully saturated rings. The van der Waals surface area contributed by atoms with Crippen molar-refractivity contribution in [3.63, 3.8) is 0 Å². The minimum absolute atomic E-state index is 0.384. The second-order valence-electron chi connectivity index (χ2n) is 6.73. The highest BCUT2D eigenvalue weighted by Gasteiger charge is 2.11. The molecule has 0 saturated carbocycles. The lowest BCUT2D eigenvalue weighted by Gasteiger charge is -2.12. The van der Waals surface area contributed by atoms with Crippen LogP contribution in [0.15, 0.2) is 78.9 Å². The Kier molecular flexibility index (Phi) is 7.12. The average molecular weight is 384 g/mol. The Morgan fingerprint density at radius 1 is 0.931 bits per heavy atom. The third-order valence-corrected chi connectivity index (χ3v) is 4.64. The maximum Gasteiger partial charge on any atom is 0.330 e. The summed E-state index contributed by atoms with van der Waals surface area (Å²) in [6.45, 7) is 2.46. The number of hydrogen-bond donors (Lipinski definition) is 0. The van der Waals surface area contributed by atoms with Crippen molar-refractivity contribution < 1.29 is 14.3 Å². The summed E-state index contributed by atoms with van der Waals surface area (Å²) in [5.74, 6) is -0.384. The summed E-state index contributed by atoms with van der Waals surface area (Å²) in [5, 5.41) is 1.99. The van der Waals surface area contributed by atoms with Gasteiger partial charge in [-0.05, 0) is 40.5 Å². The molecule has 0 atom stereocenters. The molecule has 0 heterocycles. The first-order valence-electron chi connectivity index (χ1n) is 9.82. The molecule has 3 nitrogen and oxygen atoms in total. The zero-order valence-electron chi connectivity index (χ0n) is 16.5. The van der Waals surface area contributed by atoms with E-state index in [2.05, 4.69) is 0 Å². The Hall–Kier alpha value is -3.46. The highest BCUT2D eigenvalue weighted by molar-refractivity contribution is 6.07. The monoisotopic (exact) mass is 384 g/mol. The number of allylic oxidation sites excluding steroid dienone is 2. The Bertz CT molecular complexity index is 1050. The molecule has 0 aliphatic heterocycles. The van der Waals surface area contributed by atoms with E-state index >= 15 is 0 Å². The highest BCUT2D eigenvalue weighted by Crippen LogP contribution is 2.30. The summed E-state index contributed by atoms with van der Waals surface area (Å²) in [5.41, 5.74) is 3.15. The molecule has 0 N–H and O–H groups in total. The summed E-state index contributed by atoms with van der Waals surface area (Å²) in [6.07, 6.45) is 7.80.